The van der Waals surface area contributed by atoms with Crippen molar-refractivity contribution < 1.29 is 9.53 Å². The number of cyclic esters (lactones) is 1. The van der Waals surface area contributed by atoms with Gasteiger partial charge in [-0.15, -0.1) is 11.8 Å². The Kier molecular flexibility index (Phi) is 4.06. The zero-order chi connectivity index (χ0) is 15.5. The molecule has 0 amide bonds. The summed E-state index contributed by atoms with van der Waals surface area (Å²) in [5, 5.41) is 0.783. The monoisotopic (exact) mass is 310 g/mol. The van der Waals surface area contributed by atoms with Crippen LogP contribution in [0.25, 0.3) is 6.08 Å². The minimum Gasteiger partial charge on any atom is -0.402 e. The van der Waals surface area contributed by atoms with Gasteiger partial charge in [-0.05, 0) is 37.0 Å². The lowest BCUT2D eigenvalue weighted by atomic mass is 10.1. The van der Waals surface area contributed by atoms with Gasteiger partial charge in [-0.2, -0.15) is 0 Å². The third-order valence-corrected chi connectivity index (χ3v) is 3.91. The van der Waals surface area contributed by atoms with Gasteiger partial charge in [-0.3, -0.25) is 0 Å². The fraction of sp³-hybridized carbons (Fsp3) is 0.118. The van der Waals surface area contributed by atoms with E-state index in [1.165, 1.54) is 17.3 Å². The molecule has 2 heterocycles. The van der Waals surface area contributed by atoms with E-state index < -0.39 is 5.97 Å². The predicted molar refractivity (Wildman–Crippen MR) is 87.8 cm³/mol. The largest absolute Gasteiger partial charge is 0.402 e. The van der Waals surface area contributed by atoms with Crippen molar-refractivity contribution >= 4 is 29.7 Å². The zero-order valence-electron chi connectivity index (χ0n) is 12.2. The van der Waals surface area contributed by atoms with Gasteiger partial charge >= 0.3 is 5.97 Å². The molecule has 1 aliphatic heterocycles. The van der Waals surface area contributed by atoms with Crippen molar-refractivity contribution in [2.45, 2.75) is 11.9 Å². The summed E-state index contributed by atoms with van der Waals surface area (Å²) >= 11 is 1.49. The average molecular weight is 310 g/mol. The Morgan fingerprint density at radius 2 is 1.95 bits per heavy atom. The number of thioether (sulfide) groups is 1. The molecule has 3 rings (SSSR count). The van der Waals surface area contributed by atoms with Crippen LogP contribution in [0.5, 0.6) is 0 Å². The number of aliphatic imine (C=N–C) groups is 1. The van der Waals surface area contributed by atoms with E-state index in [9.17, 15) is 4.79 Å². The number of carbonyl (C=O) groups is 1. The van der Waals surface area contributed by atoms with Crippen LogP contribution in [0.1, 0.15) is 16.7 Å². The highest BCUT2D eigenvalue weighted by molar-refractivity contribution is 7.98. The van der Waals surface area contributed by atoms with Crippen LogP contribution in [0, 0.1) is 6.92 Å². The summed E-state index contributed by atoms with van der Waals surface area (Å²) in [6.07, 6.45) is 5.35. The minimum absolute atomic E-state index is 0.301. The number of aromatic nitrogens is 1. The molecule has 22 heavy (non-hydrogen) atoms. The summed E-state index contributed by atoms with van der Waals surface area (Å²) in [5.41, 5.74) is 3.12. The highest BCUT2D eigenvalue weighted by atomic mass is 32.2. The van der Waals surface area contributed by atoms with Gasteiger partial charge in [0, 0.05) is 6.20 Å². The molecule has 1 aliphatic rings. The SMILES string of the molecule is CSc1ncccc1C1=N/C(=C\c2ccc(C)cc2)C(=O)O1. The topological polar surface area (TPSA) is 51.5 Å². The van der Waals surface area contributed by atoms with Crippen LogP contribution in [-0.4, -0.2) is 23.1 Å². The highest BCUT2D eigenvalue weighted by Gasteiger charge is 2.25. The van der Waals surface area contributed by atoms with Crippen LogP contribution in [0.3, 0.4) is 0 Å². The first-order valence-corrected chi connectivity index (χ1v) is 7.98. The Morgan fingerprint density at radius 1 is 1.18 bits per heavy atom. The van der Waals surface area contributed by atoms with Gasteiger partial charge in [0.05, 0.1) is 5.56 Å². The van der Waals surface area contributed by atoms with Gasteiger partial charge in [-0.1, -0.05) is 29.8 Å². The molecule has 0 N–H and O–H groups in total. The summed E-state index contributed by atoms with van der Waals surface area (Å²) in [6.45, 7) is 2.02. The zero-order valence-corrected chi connectivity index (χ0v) is 13.1. The molecule has 0 atom stereocenters. The number of pyridine rings is 1. The summed E-state index contributed by atoms with van der Waals surface area (Å²) in [5.74, 6) is -0.132. The molecule has 0 spiro atoms. The van der Waals surface area contributed by atoms with Crippen molar-refractivity contribution in [3.63, 3.8) is 0 Å². The molecule has 2 aromatic rings. The van der Waals surface area contributed by atoms with Crippen molar-refractivity contribution in [3.8, 4) is 0 Å². The number of nitrogens with zero attached hydrogens (tertiary/aromatic N) is 2. The Morgan fingerprint density at radius 3 is 2.68 bits per heavy atom. The van der Waals surface area contributed by atoms with E-state index >= 15 is 0 Å². The first kappa shape index (κ1) is 14.5. The number of aryl methyl sites for hydroxylation is 1. The molecule has 0 aliphatic carbocycles. The Hall–Kier alpha value is -2.40. The molecule has 5 heteroatoms. The van der Waals surface area contributed by atoms with Crippen molar-refractivity contribution in [2.75, 3.05) is 6.26 Å². The van der Waals surface area contributed by atoms with E-state index in [-0.39, 0.29) is 0 Å². The maximum atomic E-state index is 12.0. The molecule has 1 aromatic heterocycles. The second-order valence-electron chi connectivity index (χ2n) is 4.81. The fourth-order valence-electron chi connectivity index (χ4n) is 2.06. The van der Waals surface area contributed by atoms with Crippen molar-refractivity contribution in [2.24, 2.45) is 4.99 Å². The number of carbonyl (C=O) groups excluding carboxylic acids is 1. The van der Waals surface area contributed by atoms with E-state index in [0.717, 1.165) is 16.2 Å². The van der Waals surface area contributed by atoms with E-state index in [4.69, 9.17) is 4.74 Å². The summed E-state index contributed by atoms with van der Waals surface area (Å²) in [7, 11) is 0. The predicted octanol–water partition coefficient (Wildman–Crippen LogP) is 3.46. The molecule has 0 fully saturated rings. The molecule has 110 valence electrons. The normalized spacial score (nSPS) is 15.8. The van der Waals surface area contributed by atoms with Crippen molar-refractivity contribution in [1.82, 2.24) is 4.98 Å². The molecular formula is C17H14N2O2S. The second kappa shape index (κ2) is 6.15. The van der Waals surface area contributed by atoms with Crippen molar-refractivity contribution in [3.05, 3.63) is 65.0 Å². The Balaban J connectivity index is 1.96. The highest BCUT2D eigenvalue weighted by Crippen LogP contribution is 2.24. The van der Waals surface area contributed by atoms with E-state index in [0.29, 0.717) is 11.6 Å². The van der Waals surface area contributed by atoms with Crippen LogP contribution in [0.2, 0.25) is 0 Å². The second-order valence-corrected chi connectivity index (χ2v) is 5.60. The van der Waals surface area contributed by atoms with Gasteiger partial charge in [0.15, 0.2) is 5.70 Å². The number of esters is 1. The molecule has 0 bridgehead atoms. The van der Waals surface area contributed by atoms with Gasteiger partial charge < -0.3 is 4.74 Å². The number of benzene rings is 1. The first-order chi connectivity index (χ1) is 10.7. The molecule has 4 nitrogen and oxygen atoms in total. The van der Waals surface area contributed by atoms with E-state index in [1.54, 1.807) is 18.3 Å². The number of ether oxygens (including phenoxy) is 1. The van der Waals surface area contributed by atoms with E-state index in [1.807, 2.05) is 43.5 Å². The molecule has 0 radical (unpaired) electrons. The molecular weight excluding hydrogens is 296 g/mol. The Bertz CT molecular complexity index is 780. The quantitative estimate of drug-likeness (QED) is 0.495. The smallest absolute Gasteiger partial charge is 0.363 e. The van der Waals surface area contributed by atoms with Gasteiger partial charge in [-0.25, -0.2) is 14.8 Å². The summed E-state index contributed by atoms with van der Waals surface area (Å²) in [4.78, 5) is 20.6. The molecule has 0 saturated heterocycles. The third-order valence-electron chi connectivity index (χ3n) is 3.20. The number of hydrogen-bond acceptors (Lipinski definition) is 5. The first-order valence-electron chi connectivity index (χ1n) is 6.76. The van der Waals surface area contributed by atoms with Crippen LogP contribution in [0.4, 0.5) is 0 Å². The van der Waals surface area contributed by atoms with Crippen LogP contribution in [0.15, 0.2) is 58.3 Å². The molecule has 0 saturated carbocycles. The Labute approximate surface area is 132 Å². The molecule has 0 unspecified atom stereocenters. The number of rotatable bonds is 3. The lowest BCUT2D eigenvalue weighted by molar-refractivity contribution is -0.129. The van der Waals surface area contributed by atoms with Gasteiger partial charge in [0.1, 0.15) is 5.03 Å². The van der Waals surface area contributed by atoms with E-state index in [2.05, 4.69) is 9.98 Å². The fourth-order valence-corrected chi connectivity index (χ4v) is 2.60. The van der Waals surface area contributed by atoms with Crippen LogP contribution < -0.4 is 0 Å². The number of hydrogen-bond donors (Lipinski definition) is 0. The van der Waals surface area contributed by atoms with Crippen LogP contribution >= 0.6 is 11.8 Å². The lowest BCUT2D eigenvalue weighted by Gasteiger charge is -2.03. The standard InChI is InChI=1S/C17H14N2O2S/c1-11-5-7-12(8-6-11)10-14-17(20)21-15(19-14)13-4-3-9-18-16(13)22-2/h3-10H,1-2H3/b14-10-. The summed E-state index contributed by atoms with van der Waals surface area (Å²) in [6, 6.07) is 11.5. The molecule has 1 aromatic carbocycles. The minimum atomic E-state index is -0.438. The van der Waals surface area contributed by atoms with Gasteiger partial charge in [0.2, 0.25) is 5.90 Å². The maximum absolute atomic E-state index is 12.0. The van der Waals surface area contributed by atoms with Crippen LogP contribution in [-0.2, 0) is 9.53 Å². The third kappa shape index (κ3) is 2.94. The average Bonchev–Trinajstić information content (AvgIpc) is 2.90. The van der Waals surface area contributed by atoms with Gasteiger partial charge in [0.25, 0.3) is 0 Å². The van der Waals surface area contributed by atoms with Crippen molar-refractivity contribution in [1.29, 1.82) is 0 Å². The lowest BCUT2D eigenvalue weighted by Crippen LogP contribution is -2.07. The summed E-state index contributed by atoms with van der Waals surface area (Å²) < 4.78 is 5.29. The maximum Gasteiger partial charge on any atom is 0.363 e.